The van der Waals surface area contributed by atoms with E-state index in [1.54, 1.807) is 0 Å². The van der Waals surface area contributed by atoms with Crippen molar-refractivity contribution >= 4 is 27.8 Å². The molecule has 0 heterocycles. The number of fused-ring (bicyclic) bond motifs is 10. The molecule has 0 saturated carbocycles. The van der Waals surface area contributed by atoms with Gasteiger partial charge >= 0.3 is 0 Å². The van der Waals surface area contributed by atoms with Gasteiger partial charge in [0.15, 0.2) is 0 Å². The molecule has 0 fully saturated rings. The van der Waals surface area contributed by atoms with Gasteiger partial charge in [0.1, 0.15) is 0 Å². The van der Waals surface area contributed by atoms with E-state index in [1.165, 1.54) is 72.1 Å². The van der Waals surface area contributed by atoms with Crippen LogP contribution in [-0.4, -0.2) is 0 Å². The van der Waals surface area contributed by atoms with E-state index in [2.05, 4.69) is 207 Å². The van der Waals surface area contributed by atoms with Gasteiger partial charge in [-0.15, -0.1) is 0 Å². The molecule has 2 aliphatic rings. The maximum absolute atomic E-state index is 2.45. The second-order valence-corrected chi connectivity index (χ2v) is 14.5. The van der Waals surface area contributed by atoms with Crippen molar-refractivity contribution in [2.45, 2.75) is 24.7 Å². The number of hydrogen-bond acceptors (Lipinski definition) is 1. The summed E-state index contributed by atoms with van der Waals surface area (Å²) in [5.41, 5.74) is 16.1. The highest BCUT2D eigenvalue weighted by Gasteiger charge is 2.53. The van der Waals surface area contributed by atoms with Crippen LogP contribution in [0.4, 0.5) is 17.1 Å². The second-order valence-electron chi connectivity index (χ2n) is 14.5. The molecule has 1 spiro atoms. The normalized spacial score (nSPS) is 14.4. The summed E-state index contributed by atoms with van der Waals surface area (Å²) < 4.78 is 0. The number of benzene rings is 8. The minimum Gasteiger partial charge on any atom is -0.310 e. The first-order valence-corrected chi connectivity index (χ1v) is 17.9. The molecule has 0 N–H and O–H groups in total. The molecule has 242 valence electrons. The fourth-order valence-corrected chi connectivity index (χ4v) is 9.25. The Hall–Kier alpha value is -6.18. The molecule has 0 radical (unpaired) electrons. The summed E-state index contributed by atoms with van der Waals surface area (Å²) in [6.07, 6.45) is 0. The number of hydrogen-bond donors (Lipinski definition) is 0. The van der Waals surface area contributed by atoms with Gasteiger partial charge < -0.3 is 4.90 Å². The fourth-order valence-electron chi connectivity index (χ4n) is 9.25. The van der Waals surface area contributed by atoms with Crippen LogP contribution in [0.3, 0.4) is 0 Å². The van der Waals surface area contributed by atoms with E-state index < -0.39 is 5.41 Å². The van der Waals surface area contributed by atoms with E-state index in [4.69, 9.17) is 0 Å². The molecule has 1 heteroatoms. The Morgan fingerprint density at radius 3 is 1.61 bits per heavy atom. The smallest absolute Gasteiger partial charge is 0.0720 e. The zero-order valence-corrected chi connectivity index (χ0v) is 28.8. The van der Waals surface area contributed by atoms with Gasteiger partial charge in [-0.05, 0) is 97.2 Å². The standard InChI is InChI=1S/C50H37N/c1-49(2)42-21-10-12-23-44(42)50(45-24-13-11-22-43(45)49)41-20-9-8-19-40(41)48-46(50)25-14-26-47(48)51(38-17-4-3-5-18-38)39-31-29-35(30-32-39)37-28-27-34-15-6-7-16-36(34)33-37/h3-33H,1-2H3. The van der Waals surface area contributed by atoms with Crippen molar-refractivity contribution < 1.29 is 0 Å². The Morgan fingerprint density at radius 1 is 0.373 bits per heavy atom. The molecule has 0 saturated heterocycles. The zero-order valence-electron chi connectivity index (χ0n) is 28.8. The Morgan fingerprint density at radius 2 is 0.902 bits per heavy atom. The van der Waals surface area contributed by atoms with E-state index in [1.807, 2.05) is 0 Å². The highest BCUT2D eigenvalue weighted by molar-refractivity contribution is 5.98. The first kappa shape index (κ1) is 29.7. The van der Waals surface area contributed by atoms with Crippen molar-refractivity contribution in [3.8, 4) is 22.3 Å². The molecule has 0 bridgehead atoms. The minimum atomic E-state index is -0.438. The van der Waals surface area contributed by atoms with Gasteiger partial charge in [0.2, 0.25) is 0 Å². The van der Waals surface area contributed by atoms with Gasteiger partial charge in [-0.1, -0.05) is 166 Å². The Kier molecular flexibility index (Phi) is 6.51. The minimum absolute atomic E-state index is 0.128. The summed E-state index contributed by atoms with van der Waals surface area (Å²) in [7, 11) is 0. The van der Waals surface area contributed by atoms with Crippen LogP contribution >= 0.6 is 0 Å². The molecule has 8 aromatic rings. The van der Waals surface area contributed by atoms with Gasteiger partial charge in [0, 0.05) is 22.4 Å². The van der Waals surface area contributed by atoms with Gasteiger partial charge in [-0.2, -0.15) is 0 Å². The van der Waals surface area contributed by atoms with Gasteiger partial charge in [-0.25, -0.2) is 0 Å². The molecule has 0 amide bonds. The van der Waals surface area contributed by atoms with Crippen LogP contribution in [0.5, 0.6) is 0 Å². The van der Waals surface area contributed by atoms with Crippen LogP contribution in [-0.2, 0) is 10.8 Å². The lowest BCUT2D eigenvalue weighted by Crippen LogP contribution is -2.40. The van der Waals surface area contributed by atoms with Gasteiger partial charge in [0.25, 0.3) is 0 Å². The Bertz CT molecular complexity index is 2560. The molecule has 2 aliphatic carbocycles. The first-order valence-electron chi connectivity index (χ1n) is 17.9. The van der Waals surface area contributed by atoms with Crippen LogP contribution in [0.25, 0.3) is 33.0 Å². The molecule has 0 aliphatic heterocycles. The van der Waals surface area contributed by atoms with E-state index in [-0.39, 0.29) is 5.41 Å². The highest BCUT2D eigenvalue weighted by atomic mass is 15.1. The highest BCUT2D eigenvalue weighted by Crippen LogP contribution is 2.64. The van der Waals surface area contributed by atoms with Crippen molar-refractivity contribution in [1.82, 2.24) is 0 Å². The van der Waals surface area contributed by atoms with Gasteiger partial charge in [0.05, 0.1) is 11.1 Å². The summed E-state index contributed by atoms with van der Waals surface area (Å²) in [5, 5.41) is 2.52. The lowest BCUT2D eigenvalue weighted by atomic mass is 9.55. The zero-order chi connectivity index (χ0) is 34.2. The maximum Gasteiger partial charge on any atom is 0.0720 e. The number of nitrogens with zero attached hydrogens (tertiary/aromatic N) is 1. The van der Waals surface area contributed by atoms with E-state index in [0.29, 0.717) is 0 Å². The molecule has 1 nitrogen and oxygen atoms in total. The molecule has 51 heavy (non-hydrogen) atoms. The molecular weight excluding hydrogens is 615 g/mol. The molecule has 0 atom stereocenters. The Balaban J connectivity index is 1.22. The van der Waals surface area contributed by atoms with Crippen LogP contribution in [0.1, 0.15) is 47.2 Å². The average molecular weight is 652 g/mol. The third-order valence-corrected chi connectivity index (χ3v) is 11.5. The maximum atomic E-state index is 2.45. The molecular formula is C50H37N. The monoisotopic (exact) mass is 651 g/mol. The molecule has 10 rings (SSSR count). The predicted molar refractivity (Wildman–Crippen MR) is 213 cm³/mol. The molecule has 8 aromatic carbocycles. The summed E-state index contributed by atoms with van der Waals surface area (Å²) in [4.78, 5) is 2.45. The quantitative estimate of drug-likeness (QED) is 0.183. The van der Waals surface area contributed by atoms with Crippen LogP contribution in [0.15, 0.2) is 188 Å². The van der Waals surface area contributed by atoms with Crippen LogP contribution in [0, 0.1) is 0 Å². The average Bonchev–Trinajstić information content (AvgIpc) is 3.49. The van der Waals surface area contributed by atoms with Crippen molar-refractivity contribution in [1.29, 1.82) is 0 Å². The summed E-state index contributed by atoms with van der Waals surface area (Å²) in [6, 6.07) is 69.7. The number of para-hydroxylation sites is 1. The second kappa shape index (κ2) is 11.2. The number of anilines is 3. The predicted octanol–water partition coefficient (Wildman–Crippen LogP) is 13.0. The SMILES string of the molecule is CC1(C)c2ccccc2C2(c3ccccc3-c3c(N(c4ccccc4)c4ccc(-c5ccc6ccccc6c5)cc4)cccc32)c2ccccc21. The van der Waals surface area contributed by atoms with Gasteiger partial charge in [-0.3, -0.25) is 0 Å². The third-order valence-electron chi connectivity index (χ3n) is 11.5. The van der Waals surface area contributed by atoms with E-state index in [9.17, 15) is 0 Å². The fraction of sp³-hybridized carbons (Fsp3) is 0.0800. The van der Waals surface area contributed by atoms with Crippen molar-refractivity contribution in [2.24, 2.45) is 0 Å². The lowest BCUT2D eigenvalue weighted by Gasteiger charge is -2.46. The molecule has 0 aromatic heterocycles. The lowest BCUT2D eigenvalue weighted by molar-refractivity contribution is 0.563. The van der Waals surface area contributed by atoms with Crippen LogP contribution in [0.2, 0.25) is 0 Å². The molecule has 0 unspecified atom stereocenters. The Labute approximate surface area is 300 Å². The largest absolute Gasteiger partial charge is 0.310 e. The number of rotatable bonds is 4. The summed E-state index contributed by atoms with van der Waals surface area (Å²) >= 11 is 0. The van der Waals surface area contributed by atoms with E-state index in [0.717, 1.165) is 11.4 Å². The van der Waals surface area contributed by atoms with Crippen molar-refractivity contribution in [3.05, 3.63) is 221 Å². The van der Waals surface area contributed by atoms with E-state index >= 15 is 0 Å². The van der Waals surface area contributed by atoms with Crippen LogP contribution < -0.4 is 4.90 Å². The summed E-state index contributed by atoms with van der Waals surface area (Å²) in [5.74, 6) is 0. The summed E-state index contributed by atoms with van der Waals surface area (Å²) in [6.45, 7) is 4.77. The van der Waals surface area contributed by atoms with Crippen molar-refractivity contribution in [3.63, 3.8) is 0 Å². The first-order chi connectivity index (χ1) is 25.1. The third kappa shape index (κ3) is 4.22. The van der Waals surface area contributed by atoms with Crippen molar-refractivity contribution in [2.75, 3.05) is 4.90 Å². The topological polar surface area (TPSA) is 3.24 Å².